The second-order valence-corrected chi connectivity index (χ2v) is 6.51. The number of thiazole rings is 1. The van der Waals surface area contributed by atoms with Gasteiger partial charge in [0.05, 0.1) is 0 Å². The van der Waals surface area contributed by atoms with Gasteiger partial charge >= 0.3 is 0 Å². The van der Waals surface area contributed by atoms with Gasteiger partial charge in [0, 0.05) is 29.2 Å². The van der Waals surface area contributed by atoms with Gasteiger partial charge in [0.15, 0.2) is 0 Å². The van der Waals surface area contributed by atoms with Crippen molar-refractivity contribution in [3.8, 4) is 10.9 Å². The summed E-state index contributed by atoms with van der Waals surface area (Å²) in [6, 6.07) is 7.74. The van der Waals surface area contributed by atoms with Crippen molar-refractivity contribution in [3.63, 3.8) is 0 Å². The van der Waals surface area contributed by atoms with Crippen LogP contribution in [0.15, 0.2) is 35.8 Å². The van der Waals surface area contributed by atoms with E-state index in [0.29, 0.717) is 16.5 Å². The van der Waals surface area contributed by atoms with Crippen molar-refractivity contribution in [2.45, 2.75) is 52.6 Å². The van der Waals surface area contributed by atoms with Crippen molar-refractivity contribution in [2.24, 2.45) is 0 Å². The van der Waals surface area contributed by atoms with Crippen LogP contribution in [0.1, 0.15) is 50.9 Å². The van der Waals surface area contributed by atoms with E-state index in [1.54, 1.807) is 6.20 Å². The molecule has 0 bridgehead atoms. The van der Waals surface area contributed by atoms with E-state index in [4.69, 9.17) is 4.74 Å². The van der Waals surface area contributed by atoms with Crippen molar-refractivity contribution < 1.29 is 9.53 Å². The average molecular weight is 332 g/mol. The predicted molar refractivity (Wildman–Crippen MR) is 94.3 cm³/mol. The van der Waals surface area contributed by atoms with Crippen LogP contribution in [0.5, 0.6) is 10.9 Å². The molecule has 5 heteroatoms. The minimum absolute atomic E-state index is 0.0782. The molecular weight excluding hydrogens is 308 g/mol. The van der Waals surface area contributed by atoms with Gasteiger partial charge in [0.2, 0.25) is 0 Å². The van der Waals surface area contributed by atoms with E-state index in [9.17, 15) is 4.79 Å². The Bertz CT molecular complexity index is 600. The van der Waals surface area contributed by atoms with Gasteiger partial charge in [-0.15, -0.1) is 0 Å². The highest BCUT2D eigenvalue weighted by Gasteiger charge is 2.24. The number of hydrogen-bond acceptors (Lipinski definition) is 4. The molecule has 124 valence electrons. The summed E-state index contributed by atoms with van der Waals surface area (Å²) in [5, 5.41) is 2.47. The van der Waals surface area contributed by atoms with Crippen molar-refractivity contribution in [2.75, 3.05) is 0 Å². The van der Waals surface area contributed by atoms with Crippen molar-refractivity contribution in [3.05, 3.63) is 41.4 Å². The van der Waals surface area contributed by atoms with Crippen LogP contribution in [0, 0.1) is 0 Å². The molecule has 0 radical (unpaired) electrons. The van der Waals surface area contributed by atoms with Gasteiger partial charge in [0.25, 0.3) is 11.1 Å². The molecule has 2 aromatic rings. The first kappa shape index (κ1) is 17.5. The summed E-state index contributed by atoms with van der Waals surface area (Å²) in [4.78, 5) is 18.9. The van der Waals surface area contributed by atoms with E-state index < -0.39 is 0 Å². The highest BCUT2D eigenvalue weighted by molar-refractivity contribution is 7.11. The fraction of sp³-hybridized carbons (Fsp3) is 0.444. The van der Waals surface area contributed by atoms with Crippen LogP contribution in [0.4, 0.5) is 0 Å². The molecule has 0 saturated heterocycles. The highest BCUT2D eigenvalue weighted by Crippen LogP contribution is 2.24. The Morgan fingerprint density at radius 3 is 2.26 bits per heavy atom. The third-order valence-electron chi connectivity index (χ3n) is 4.08. The predicted octanol–water partition coefficient (Wildman–Crippen LogP) is 4.97. The van der Waals surface area contributed by atoms with Gasteiger partial charge in [-0.2, -0.15) is 0 Å². The summed E-state index contributed by atoms with van der Waals surface area (Å²) >= 11 is 1.44. The normalized spacial score (nSPS) is 13.4. The van der Waals surface area contributed by atoms with Crippen LogP contribution in [0.3, 0.4) is 0 Å². The molecule has 0 aliphatic carbocycles. The van der Waals surface area contributed by atoms with Crippen LogP contribution in [0.2, 0.25) is 0 Å². The molecule has 1 amide bonds. The van der Waals surface area contributed by atoms with Gasteiger partial charge < -0.3 is 9.64 Å². The molecule has 0 N–H and O–H groups in total. The summed E-state index contributed by atoms with van der Waals surface area (Å²) in [5.74, 6) is 0.768. The number of aromatic nitrogens is 1. The molecule has 2 unspecified atom stereocenters. The second kappa shape index (κ2) is 8.11. The van der Waals surface area contributed by atoms with E-state index in [-0.39, 0.29) is 18.0 Å². The lowest BCUT2D eigenvalue weighted by molar-refractivity contribution is 0.0598. The smallest absolute Gasteiger partial charge is 0.278 e. The Morgan fingerprint density at radius 1 is 1.17 bits per heavy atom. The first-order valence-electron chi connectivity index (χ1n) is 8.06. The van der Waals surface area contributed by atoms with Gasteiger partial charge in [-0.25, -0.2) is 4.98 Å². The highest BCUT2D eigenvalue weighted by atomic mass is 32.1. The minimum atomic E-state index is 0.0782. The Kier molecular flexibility index (Phi) is 6.16. The fourth-order valence-corrected chi connectivity index (χ4v) is 2.91. The van der Waals surface area contributed by atoms with Crippen LogP contribution in [-0.4, -0.2) is 27.9 Å². The Hall–Kier alpha value is -1.88. The van der Waals surface area contributed by atoms with E-state index in [0.717, 1.165) is 12.8 Å². The molecule has 0 spiro atoms. The maximum absolute atomic E-state index is 12.8. The number of ether oxygens (including phenoxy) is 1. The summed E-state index contributed by atoms with van der Waals surface area (Å²) in [6.07, 6.45) is 3.59. The maximum Gasteiger partial charge on any atom is 0.278 e. The molecular formula is C18H24N2O2S. The largest absolute Gasteiger partial charge is 0.431 e. The third-order valence-corrected chi connectivity index (χ3v) is 4.73. The van der Waals surface area contributed by atoms with Crippen LogP contribution < -0.4 is 4.74 Å². The summed E-state index contributed by atoms with van der Waals surface area (Å²) in [5.41, 5.74) is 0.692. The lowest BCUT2D eigenvalue weighted by Crippen LogP contribution is -2.44. The van der Waals surface area contributed by atoms with Gasteiger partial charge in [-0.05, 0) is 51.0 Å². The minimum Gasteiger partial charge on any atom is -0.431 e. The molecule has 1 aromatic heterocycles. The first-order valence-corrected chi connectivity index (χ1v) is 8.94. The van der Waals surface area contributed by atoms with Crippen LogP contribution >= 0.6 is 11.3 Å². The molecule has 4 nitrogen and oxygen atoms in total. The number of carbonyl (C=O) groups is 1. The fourth-order valence-electron chi connectivity index (χ4n) is 2.40. The standard InChI is InChI=1S/C18H24N2O2S/c1-5-13(3)20(14(4)6-2)17(21)15-7-9-16(10-8-15)22-18-19-11-12-23-18/h7-14H,5-6H2,1-4H3. The third kappa shape index (κ3) is 4.32. The molecule has 0 aliphatic rings. The lowest BCUT2D eigenvalue weighted by Gasteiger charge is -2.34. The Balaban J connectivity index is 2.14. The summed E-state index contributed by atoms with van der Waals surface area (Å²) in [6.45, 7) is 8.42. The van der Waals surface area contributed by atoms with E-state index >= 15 is 0 Å². The lowest BCUT2D eigenvalue weighted by atomic mass is 10.1. The summed E-state index contributed by atoms with van der Waals surface area (Å²) < 4.78 is 5.63. The molecule has 2 atom stereocenters. The SMILES string of the molecule is CCC(C)N(C(=O)c1ccc(Oc2nccs2)cc1)C(C)CC. The first-order chi connectivity index (χ1) is 11.1. The number of hydrogen-bond donors (Lipinski definition) is 0. The Morgan fingerprint density at radius 2 is 1.78 bits per heavy atom. The number of benzene rings is 1. The second-order valence-electron chi connectivity index (χ2n) is 5.65. The molecule has 2 rings (SSSR count). The number of carbonyl (C=O) groups excluding carboxylic acids is 1. The zero-order valence-corrected chi connectivity index (χ0v) is 15.0. The molecule has 1 aromatic carbocycles. The monoisotopic (exact) mass is 332 g/mol. The van der Waals surface area contributed by atoms with Gasteiger partial charge in [0.1, 0.15) is 5.75 Å². The quantitative estimate of drug-likeness (QED) is 0.718. The Labute approximate surface area is 142 Å². The molecule has 0 aliphatic heterocycles. The average Bonchev–Trinajstić information content (AvgIpc) is 3.08. The van der Waals surface area contributed by atoms with Crippen molar-refractivity contribution in [1.29, 1.82) is 0 Å². The topological polar surface area (TPSA) is 42.4 Å². The van der Waals surface area contributed by atoms with Crippen LogP contribution in [0.25, 0.3) is 0 Å². The zero-order valence-electron chi connectivity index (χ0n) is 14.2. The van der Waals surface area contributed by atoms with Crippen molar-refractivity contribution in [1.82, 2.24) is 9.88 Å². The zero-order chi connectivity index (χ0) is 16.8. The van der Waals surface area contributed by atoms with Gasteiger partial charge in [-0.3, -0.25) is 4.79 Å². The van der Waals surface area contributed by atoms with E-state index in [2.05, 4.69) is 32.7 Å². The van der Waals surface area contributed by atoms with Crippen LogP contribution in [-0.2, 0) is 0 Å². The number of rotatable bonds is 7. The summed E-state index contributed by atoms with van der Waals surface area (Å²) in [7, 11) is 0. The molecule has 0 fully saturated rings. The molecule has 0 saturated carbocycles. The van der Waals surface area contributed by atoms with E-state index in [1.165, 1.54) is 11.3 Å². The molecule has 23 heavy (non-hydrogen) atoms. The van der Waals surface area contributed by atoms with Crippen molar-refractivity contribution >= 4 is 17.2 Å². The number of nitrogens with zero attached hydrogens (tertiary/aromatic N) is 2. The molecule has 1 heterocycles. The number of amides is 1. The maximum atomic E-state index is 12.8. The van der Waals surface area contributed by atoms with Gasteiger partial charge in [-0.1, -0.05) is 25.2 Å². The van der Waals surface area contributed by atoms with E-state index in [1.807, 2.05) is 34.5 Å².